The highest BCUT2D eigenvalue weighted by molar-refractivity contribution is 6.31. The molecule has 0 spiro atoms. The molecule has 1 aromatic carbocycles. The van der Waals surface area contributed by atoms with Gasteiger partial charge in [-0.2, -0.15) is 0 Å². The van der Waals surface area contributed by atoms with E-state index < -0.39 is 0 Å². The molecule has 2 unspecified atom stereocenters. The summed E-state index contributed by atoms with van der Waals surface area (Å²) >= 11 is 0. The molecule has 6 nitrogen and oxygen atoms in total. The Bertz CT molecular complexity index is 813. The van der Waals surface area contributed by atoms with E-state index in [0.29, 0.717) is 5.57 Å². The van der Waals surface area contributed by atoms with Gasteiger partial charge < -0.3 is 15.2 Å². The van der Waals surface area contributed by atoms with E-state index in [1.165, 1.54) is 0 Å². The Morgan fingerprint density at radius 3 is 3.15 bits per heavy atom. The third kappa shape index (κ3) is 3.49. The van der Waals surface area contributed by atoms with E-state index in [-0.39, 0.29) is 24.5 Å². The molecular weight excluding hydrogens is 330 g/mol. The molecule has 3 aliphatic heterocycles. The molecule has 4 rings (SSSR count). The van der Waals surface area contributed by atoms with Crippen LogP contribution >= 0.6 is 0 Å². The van der Waals surface area contributed by atoms with Crippen molar-refractivity contribution in [2.24, 2.45) is 10.9 Å². The molecular formula is C20H23N3O3. The third-order valence-electron chi connectivity index (χ3n) is 4.94. The standard InChI is InChI=1S/C20H23N3O3/c1-13-10-23(4-5-26-13)11-15-6-16(21-9-15)8-18-17-7-14(12-24)2-3-19(17)22-20(18)25/h2-3,6-9,13,15,24H,4-5,10-12H2,1H3,(H,22,25)/b18-8-. The number of nitrogens with one attached hydrogen (secondary N) is 1. The van der Waals surface area contributed by atoms with Gasteiger partial charge in [0.05, 0.1) is 30.6 Å². The molecule has 3 heterocycles. The molecule has 2 N–H and O–H groups in total. The number of amides is 1. The second-order valence-electron chi connectivity index (χ2n) is 7.02. The van der Waals surface area contributed by atoms with Crippen molar-refractivity contribution in [3.8, 4) is 0 Å². The lowest BCUT2D eigenvalue weighted by Crippen LogP contribution is -2.43. The number of aliphatic hydroxyl groups is 1. The number of carbonyl (C=O) groups is 1. The average molecular weight is 353 g/mol. The minimum Gasteiger partial charge on any atom is -0.392 e. The van der Waals surface area contributed by atoms with Crippen LogP contribution in [0.3, 0.4) is 0 Å². The van der Waals surface area contributed by atoms with Crippen molar-refractivity contribution in [1.82, 2.24) is 4.90 Å². The summed E-state index contributed by atoms with van der Waals surface area (Å²) in [7, 11) is 0. The number of hydrogen-bond donors (Lipinski definition) is 2. The normalized spacial score (nSPS) is 26.9. The zero-order chi connectivity index (χ0) is 18.1. The van der Waals surface area contributed by atoms with Crippen LogP contribution < -0.4 is 5.32 Å². The summed E-state index contributed by atoms with van der Waals surface area (Å²) in [5.74, 6) is 0.122. The van der Waals surface area contributed by atoms with Gasteiger partial charge in [-0.3, -0.25) is 14.7 Å². The summed E-state index contributed by atoms with van der Waals surface area (Å²) < 4.78 is 5.58. The summed E-state index contributed by atoms with van der Waals surface area (Å²) in [6.45, 7) is 5.62. The molecule has 26 heavy (non-hydrogen) atoms. The van der Waals surface area contributed by atoms with E-state index in [1.807, 2.05) is 30.5 Å². The van der Waals surface area contributed by atoms with E-state index in [2.05, 4.69) is 28.2 Å². The number of allylic oxidation sites excluding steroid dienone is 1. The minimum atomic E-state index is -0.128. The molecule has 136 valence electrons. The number of hydrogen-bond acceptors (Lipinski definition) is 5. The number of aliphatic hydroxyl groups excluding tert-OH is 1. The molecule has 1 aromatic rings. The van der Waals surface area contributed by atoms with Crippen molar-refractivity contribution in [3.63, 3.8) is 0 Å². The van der Waals surface area contributed by atoms with Gasteiger partial charge in [0.1, 0.15) is 0 Å². The maximum absolute atomic E-state index is 12.3. The molecule has 6 heteroatoms. The van der Waals surface area contributed by atoms with Gasteiger partial charge in [0.15, 0.2) is 0 Å². The van der Waals surface area contributed by atoms with Gasteiger partial charge in [0, 0.05) is 43.0 Å². The molecule has 0 radical (unpaired) electrons. The molecule has 1 fully saturated rings. The van der Waals surface area contributed by atoms with Crippen LogP contribution in [0.15, 0.2) is 41.0 Å². The molecule has 2 atom stereocenters. The van der Waals surface area contributed by atoms with Gasteiger partial charge in [-0.25, -0.2) is 0 Å². The number of carbonyl (C=O) groups excluding carboxylic acids is 1. The first kappa shape index (κ1) is 17.1. The fourth-order valence-corrected chi connectivity index (χ4v) is 3.65. The SMILES string of the molecule is CC1CN(CC2C=NC(/C=C3\C(=O)Nc4ccc(CO)cc43)=C2)CCO1. The number of benzene rings is 1. The van der Waals surface area contributed by atoms with Crippen molar-refractivity contribution in [2.75, 3.05) is 31.6 Å². The summed E-state index contributed by atoms with van der Waals surface area (Å²) in [5, 5.41) is 12.2. The predicted octanol–water partition coefficient (Wildman–Crippen LogP) is 1.82. The zero-order valence-corrected chi connectivity index (χ0v) is 14.8. The molecule has 0 aromatic heterocycles. The summed E-state index contributed by atoms with van der Waals surface area (Å²) in [5.41, 5.74) is 3.79. The number of ether oxygens (including phenoxy) is 1. The molecule has 0 bridgehead atoms. The topological polar surface area (TPSA) is 74.2 Å². The predicted molar refractivity (Wildman–Crippen MR) is 101 cm³/mol. The quantitative estimate of drug-likeness (QED) is 0.810. The molecule has 1 amide bonds. The number of morpholine rings is 1. The van der Waals surface area contributed by atoms with Crippen molar-refractivity contribution < 1.29 is 14.6 Å². The summed E-state index contributed by atoms with van der Waals surface area (Å²) in [6.07, 6.45) is 6.16. The van der Waals surface area contributed by atoms with E-state index in [0.717, 1.165) is 48.8 Å². The van der Waals surface area contributed by atoms with E-state index in [1.54, 1.807) is 0 Å². The second-order valence-corrected chi connectivity index (χ2v) is 7.02. The van der Waals surface area contributed by atoms with Crippen molar-refractivity contribution >= 4 is 23.4 Å². The number of nitrogens with zero attached hydrogens (tertiary/aromatic N) is 2. The number of fused-ring (bicyclic) bond motifs is 1. The molecule has 0 saturated carbocycles. The number of aliphatic imine (C=N–C) groups is 1. The Kier molecular flexibility index (Phi) is 4.72. The Hall–Kier alpha value is -2.28. The third-order valence-corrected chi connectivity index (χ3v) is 4.94. The van der Waals surface area contributed by atoms with E-state index in [4.69, 9.17) is 4.74 Å². The Morgan fingerprint density at radius 2 is 2.35 bits per heavy atom. The van der Waals surface area contributed by atoms with Crippen LogP contribution in [0.1, 0.15) is 18.1 Å². The zero-order valence-electron chi connectivity index (χ0n) is 14.8. The van der Waals surface area contributed by atoms with Gasteiger partial charge in [-0.15, -0.1) is 0 Å². The lowest BCUT2D eigenvalue weighted by Gasteiger charge is -2.31. The molecule has 1 saturated heterocycles. The van der Waals surface area contributed by atoms with Gasteiger partial charge >= 0.3 is 0 Å². The van der Waals surface area contributed by atoms with Gasteiger partial charge in [0.25, 0.3) is 5.91 Å². The van der Waals surface area contributed by atoms with E-state index >= 15 is 0 Å². The van der Waals surface area contributed by atoms with Gasteiger partial charge in [0.2, 0.25) is 0 Å². The van der Waals surface area contributed by atoms with Crippen molar-refractivity contribution in [2.45, 2.75) is 19.6 Å². The highest BCUT2D eigenvalue weighted by atomic mass is 16.5. The van der Waals surface area contributed by atoms with Crippen LogP contribution in [0, 0.1) is 5.92 Å². The lowest BCUT2D eigenvalue weighted by atomic mass is 10.0. The maximum Gasteiger partial charge on any atom is 0.256 e. The maximum atomic E-state index is 12.3. The Morgan fingerprint density at radius 1 is 1.46 bits per heavy atom. The highest BCUT2D eigenvalue weighted by Gasteiger charge is 2.26. The largest absolute Gasteiger partial charge is 0.392 e. The Labute approximate surface area is 152 Å². The first-order valence-corrected chi connectivity index (χ1v) is 8.99. The fraction of sp³-hybridized carbons (Fsp3) is 0.400. The summed E-state index contributed by atoms with van der Waals surface area (Å²) in [6, 6.07) is 5.49. The van der Waals surface area contributed by atoms with Crippen LogP contribution in [0.5, 0.6) is 0 Å². The van der Waals surface area contributed by atoms with Crippen LogP contribution in [-0.4, -0.2) is 54.5 Å². The molecule has 3 aliphatic rings. The smallest absolute Gasteiger partial charge is 0.256 e. The highest BCUT2D eigenvalue weighted by Crippen LogP contribution is 2.34. The van der Waals surface area contributed by atoms with Crippen molar-refractivity contribution in [1.29, 1.82) is 0 Å². The fourth-order valence-electron chi connectivity index (χ4n) is 3.65. The van der Waals surface area contributed by atoms with E-state index in [9.17, 15) is 9.90 Å². The second kappa shape index (κ2) is 7.15. The van der Waals surface area contributed by atoms with Crippen LogP contribution in [0.25, 0.3) is 5.57 Å². The van der Waals surface area contributed by atoms with Crippen LogP contribution in [0.4, 0.5) is 5.69 Å². The molecule has 0 aliphatic carbocycles. The van der Waals surface area contributed by atoms with Crippen LogP contribution in [-0.2, 0) is 16.1 Å². The van der Waals surface area contributed by atoms with Gasteiger partial charge in [-0.05, 0) is 36.8 Å². The monoisotopic (exact) mass is 353 g/mol. The first-order chi connectivity index (χ1) is 12.6. The average Bonchev–Trinajstić information content (AvgIpc) is 3.19. The Balaban J connectivity index is 1.51. The van der Waals surface area contributed by atoms with Gasteiger partial charge in [-0.1, -0.05) is 6.07 Å². The summed E-state index contributed by atoms with van der Waals surface area (Å²) in [4.78, 5) is 19.2. The number of rotatable bonds is 4. The van der Waals surface area contributed by atoms with Crippen LogP contribution in [0.2, 0.25) is 0 Å². The lowest BCUT2D eigenvalue weighted by molar-refractivity contribution is -0.110. The minimum absolute atomic E-state index is 0.0460. The number of anilines is 1. The van der Waals surface area contributed by atoms with Crippen molar-refractivity contribution in [3.05, 3.63) is 47.2 Å². The first-order valence-electron chi connectivity index (χ1n) is 8.99.